The normalized spacial score (nSPS) is 13.2. The molecule has 0 atom stereocenters. The highest BCUT2D eigenvalue weighted by molar-refractivity contribution is 7.99. The lowest BCUT2D eigenvalue weighted by Crippen LogP contribution is -2.33. The minimum Gasteiger partial charge on any atom is -0.311 e. The molecule has 0 saturated heterocycles. The minimum absolute atomic E-state index is 0.0430. The van der Waals surface area contributed by atoms with Crippen molar-refractivity contribution in [2.24, 2.45) is 0 Å². The molecule has 1 fully saturated rings. The van der Waals surface area contributed by atoms with E-state index >= 15 is 0 Å². The Balaban J connectivity index is 1.61. The second-order valence-corrected chi connectivity index (χ2v) is 8.77. The fraction of sp³-hybridized carbons (Fsp3) is 0.333. The standard InChI is InChI=1S/C24H24N4O2S/c1-16-8-9-19(14-17(16)2)27(13-5-12-25)22(29)15-31-24-26-21-7-4-3-6-20(21)23(30)28(24)18-10-11-18/h3-4,6-9,14,18H,5,10-11,13,15H2,1-2H3. The Bertz CT molecular complexity index is 1240. The number of rotatable bonds is 7. The maximum Gasteiger partial charge on any atom is 0.262 e. The molecular weight excluding hydrogens is 408 g/mol. The molecule has 6 nitrogen and oxygen atoms in total. The van der Waals surface area contributed by atoms with Gasteiger partial charge < -0.3 is 4.90 Å². The van der Waals surface area contributed by atoms with Gasteiger partial charge in [0.25, 0.3) is 5.56 Å². The summed E-state index contributed by atoms with van der Waals surface area (Å²) in [5.74, 6) is 0.0452. The Morgan fingerprint density at radius 3 is 2.71 bits per heavy atom. The smallest absolute Gasteiger partial charge is 0.262 e. The summed E-state index contributed by atoms with van der Waals surface area (Å²) in [4.78, 5) is 32.5. The third-order valence-corrected chi connectivity index (χ3v) is 6.50. The molecule has 0 unspecified atom stereocenters. The topological polar surface area (TPSA) is 79.0 Å². The fourth-order valence-electron chi connectivity index (χ4n) is 3.54. The molecule has 0 spiro atoms. The number of aryl methyl sites for hydroxylation is 2. The first-order valence-electron chi connectivity index (χ1n) is 10.4. The molecule has 0 aliphatic heterocycles. The number of amides is 1. The molecule has 0 bridgehead atoms. The first-order valence-corrected chi connectivity index (χ1v) is 11.4. The zero-order chi connectivity index (χ0) is 22.0. The number of nitriles is 1. The Labute approximate surface area is 185 Å². The van der Waals surface area contributed by atoms with Gasteiger partial charge in [0.15, 0.2) is 5.16 Å². The van der Waals surface area contributed by atoms with Gasteiger partial charge in [-0.25, -0.2) is 4.98 Å². The average molecular weight is 433 g/mol. The van der Waals surface area contributed by atoms with Crippen molar-refractivity contribution in [3.05, 3.63) is 63.9 Å². The van der Waals surface area contributed by atoms with Crippen molar-refractivity contribution < 1.29 is 4.79 Å². The highest BCUT2D eigenvalue weighted by Gasteiger charge is 2.29. The second kappa shape index (κ2) is 8.94. The molecule has 158 valence electrons. The Morgan fingerprint density at radius 1 is 1.23 bits per heavy atom. The Morgan fingerprint density at radius 2 is 2.00 bits per heavy atom. The van der Waals surface area contributed by atoms with E-state index in [2.05, 4.69) is 6.07 Å². The molecule has 1 aliphatic rings. The van der Waals surface area contributed by atoms with Gasteiger partial charge in [-0.1, -0.05) is 30.0 Å². The summed E-state index contributed by atoms with van der Waals surface area (Å²) in [6.45, 7) is 4.37. The molecule has 1 heterocycles. The van der Waals surface area contributed by atoms with Crippen molar-refractivity contribution in [3.8, 4) is 6.07 Å². The average Bonchev–Trinajstić information content (AvgIpc) is 3.60. The number of benzene rings is 2. The number of carbonyl (C=O) groups is 1. The van der Waals surface area contributed by atoms with Crippen LogP contribution in [0.1, 0.15) is 36.4 Å². The van der Waals surface area contributed by atoms with Gasteiger partial charge in [-0.05, 0) is 62.1 Å². The third kappa shape index (κ3) is 4.49. The number of para-hydroxylation sites is 1. The van der Waals surface area contributed by atoms with E-state index in [0.29, 0.717) is 22.6 Å². The molecular formula is C24H24N4O2S. The number of hydrogen-bond donors (Lipinski definition) is 0. The number of anilines is 1. The summed E-state index contributed by atoms with van der Waals surface area (Å²) in [6.07, 6.45) is 2.17. The maximum atomic E-state index is 13.1. The van der Waals surface area contributed by atoms with Crippen LogP contribution in [-0.2, 0) is 4.79 Å². The van der Waals surface area contributed by atoms with Crippen molar-refractivity contribution in [3.63, 3.8) is 0 Å². The summed E-state index contributed by atoms with van der Waals surface area (Å²) in [7, 11) is 0. The summed E-state index contributed by atoms with van der Waals surface area (Å²) in [6, 6.07) is 15.5. The molecule has 7 heteroatoms. The molecule has 31 heavy (non-hydrogen) atoms. The van der Waals surface area contributed by atoms with Gasteiger partial charge in [-0.3, -0.25) is 14.2 Å². The lowest BCUT2D eigenvalue weighted by molar-refractivity contribution is -0.116. The summed E-state index contributed by atoms with van der Waals surface area (Å²) < 4.78 is 1.75. The number of hydrogen-bond acceptors (Lipinski definition) is 5. The fourth-order valence-corrected chi connectivity index (χ4v) is 4.48. The quantitative estimate of drug-likeness (QED) is 0.409. The van der Waals surface area contributed by atoms with E-state index in [1.54, 1.807) is 15.5 Å². The van der Waals surface area contributed by atoms with Crippen molar-refractivity contribution in [1.82, 2.24) is 9.55 Å². The van der Waals surface area contributed by atoms with Crippen LogP contribution in [0.3, 0.4) is 0 Å². The molecule has 0 N–H and O–H groups in total. The largest absolute Gasteiger partial charge is 0.311 e. The van der Waals surface area contributed by atoms with Gasteiger partial charge in [0.2, 0.25) is 5.91 Å². The molecule has 4 rings (SSSR count). The summed E-state index contributed by atoms with van der Waals surface area (Å²) in [5, 5.41) is 10.2. The molecule has 1 aliphatic carbocycles. The third-order valence-electron chi connectivity index (χ3n) is 5.56. The first-order chi connectivity index (χ1) is 15.0. The Kier molecular flexibility index (Phi) is 6.10. The van der Waals surface area contributed by atoms with Crippen LogP contribution in [0, 0.1) is 25.2 Å². The van der Waals surface area contributed by atoms with Crippen LogP contribution in [0.15, 0.2) is 52.4 Å². The van der Waals surface area contributed by atoms with Crippen molar-refractivity contribution in [1.29, 1.82) is 5.26 Å². The van der Waals surface area contributed by atoms with E-state index < -0.39 is 0 Å². The molecule has 2 aromatic carbocycles. The van der Waals surface area contributed by atoms with Gasteiger partial charge >= 0.3 is 0 Å². The van der Waals surface area contributed by atoms with Crippen molar-refractivity contribution >= 4 is 34.3 Å². The number of aromatic nitrogens is 2. The summed E-state index contributed by atoms with van der Waals surface area (Å²) in [5.41, 5.74) is 3.64. The van der Waals surface area contributed by atoms with E-state index in [1.807, 2.05) is 50.2 Å². The van der Waals surface area contributed by atoms with Gasteiger partial charge in [-0.2, -0.15) is 5.26 Å². The molecule has 1 amide bonds. The Hall–Kier alpha value is -3.11. The summed E-state index contributed by atoms with van der Waals surface area (Å²) >= 11 is 1.29. The van der Waals surface area contributed by atoms with E-state index in [-0.39, 0.29) is 29.7 Å². The van der Waals surface area contributed by atoms with Gasteiger partial charge in [0, 0.05) is 18.3 Å². The van der Waals surface area contributed by atoms with Gasteiger partial charge in [0.1, 0.15) is 0 Å². The lowest BCUT2D eigenvalue weighted by Gasteiger charge is -2.23. The number of carbonyl (C=O) groups excluding carboxylic acids is 1. The highest BCUT2D eigenvalue weighted by Crippen LogP contribution is 2.37. The van der Waals surface area contributed by atoms with Crippen LogP contribution in [-0.4, -0.2) is 27.8 Å². The highest BCUT2D eigenvalue weighted by atomic mass is 32.2. The van der Waals surface area contributed by atoms with Crippen LogP contribution in [0.4, 0.5) is 5.69 Å². The zero-order valence-corrected chi connectivity index (χ0v) is 18.5. The van der Waals surface area contributed by atoms with E-state index in [9.17, 15) is 9.59 Å². The molecule has 1 saturated carbocycles. The first kappa shape index (κ1) is 21.1. The van der Waals surface area contributed by atoms with Crippen LogP contribution in [0.25, 0.3) is 10.9 Å². The zero-order valence-electron chi connectivity index (χ0n) is 17.7. The molecule has 0 radical (unpaired) electrons. The number of nitrogens with zero attached hydrogens (tertiary/aromatic N) is 4. The van der Waals surface area contributed by atoms with Gasteiger partial charge in [0.05, 0.1) is 29.1 Å². The van der Waals surface area contributed by atoms with Crippen LogP contribution in [0.5, 0.6) is 0 Å². The van der Waals surface area contributed by atoms with Crippen LogP contribution >= 0.6 is 11.8 Å². The number of thioether (sulfide) groups is 1. The maximum absolute atomic E-state index is 13.1. The van der Waals surface area contributed by atoms with E-state index in [0.717, 1.165) is 29.7 Å². The van der Waals surface area contributed by atoms with E-state index in [1.165, 1.54) is 11.8 Å². The second-order valence-electron chi connectivity index (χ2n) is 7.83. The van der Waals surface area contributed by atoms with Crippen LogP contribution in [0.2, 0.25) is 0 Å². The van der Waals surface area contributed by atoms with E-state index in [4.69, 9.17) is 10.2 Å². The predicted molar refractivity (Wildman–Crippen MR) is 123 cm³/mol. The van der Waals surface area contributed by atoms with Gasteiger partial charge in [-0.15, -0.1) is 0 Å². The number of fused-ring (bicyclic) bond motifs is 1. The van der Waals surface area contributed by atoms with Crippen LogP contribution < -0.4 is 10.5 Å². The van der Waals surface area contributed by atoms with Crippen molar-refractivity contribution in [2.75, 3.05) is 17.2 Å². The minimum atomic E-state index is -0.103. The predicted octanol–water partition coefficient (Wildman–Crippen LogP) is 4.39. The monoisotopic (exact) mass is 432 g/mol. The SMILES string of the molecule is Cc1ccc(N(CCC#N)C(=O)CSc2nc3ccccc3c(=O)n2C2CC2)cc1C. The molecule has 3 aromatic rings. The van der Waals surface area contributed by atoms with Crippen molar-refractivity contribution in [2.45, 2.75) is 44.3 Å². The molecule has 1 aromatic heterocycles. The lowest BCUT2D eigenvalue weighted by atomic mass is 10.1.